The van der Waals surface area contributed by atoms with E-state index in [0.29, 0.717) is 25.6 Å². The fraction of sp³-hybridized carbons (Fsp3) is 0.412. The average Bonchev–Trinajstić information content (AvgIpc) is 3.39. The lowest BCUT2D eigenvalue weighted by molar-refractivity contribution is -0.141. The fourth-order valence-electron chi connectivity index (χ4n) is 5.81. The number of methoxy groups -OCH3 is 1. The van der Waals surface area contributed by atoms with Crippen molar-refractivity contribution in [3.05, 3.63) is 99.8 Å². The van der Waals surface area contributed by atoms with Crippen molar-refractivity contribution in [3.8, 4) is 5.75 Å². The van der Waals surface area contributed by atoms with E-state index in [0.717, 1.165) is 77.8 Å². The molecule has 2 aliphatic rings. The predicted octanol–water partition coefficient (Wildman–Crippen LogP) is 5.82. The first kappa shape index (κ1) is 30.2. The Hall–Kier alpha value is -3.23. The monoisotopic (exact) mass is 589 g/mol. The summed E-state index contributed by atoms with van der Waals surface area (Å²) in [6, 6.07) is 18.3. The van der Waals surface area contributed by atoms with Gasteiger partial charge in [0.1, 0.15) is 12.4 Å². The number of benzene rings is 2. The molecular weight excluding hydrogens is 550 g/mol. The largest absolute Gasteiger partial charge is 0.487 e. The normalized spacial score (nSPS) is 18.0. The van der Waals surface area contributed by atoms with Gasteiger partial charge in [-0.25, -0.2) is 0 Å². The van der Waals surface area contributed by atoms with E-state index in [1.165, 1.54) is 12.7 Å². The molecule has 7 nitrogen and oxygen atoms in total. The van der Waals surface area contributed by atoms with Gasteiger partial charge in [-0.15, -0.1) is 0 Å². The number of ether oxygens (including phenoxy) is 2. The standard InChI is InChI=1S/C34H40ClN3O4/c1-34(2,40)25-10-13-32-30(20-25)28(29-6-4-16-36-31(29)23-42-32)7-5-17-37-18-14-27(22-37)38(19-15-33(39)41-3)21-24-8-11-26(35)12-9-24/h4,6-13,16,20,27,40H,5,14-15,17-19,21-23H2,1-3H3/b28-7-. The number of aromatic nitrogens is 1. The second-order valence-corrected chi connectivity index (χ2v) is 12.1. The molecule has 2 aliphatic heterocycles. The molecule has 0 amide bonds. The Morgan fingerprint density at radius 3 is 2.79 bits per heavy atom. The van der Waals surface area contributed by atoms with Crippen LogP contribution in [0.25, 0.3) is 5.57 Å². The Bertz CT molecular complexity index is 1420. The molecule has 1 N–H and O–H groups in total. The fourth-order valence-corrected chi connectivity index (χ4v) is 5.94. The molecule has 0 aliphatic carbocycles. The minimum atomic E-state index is -0.958. The SMILES string of the molecule is COC(=O)CCN(Cc1ccc(Cl)cc1)C1CCN(CC/C=C2\c3cc(C(C)(C)O)ccc3OCc3ncccc32)C1. The summed E-state index contributed by atoms with van der Waals surface area (Å²) in [7, 11) is 1.44. The molecule has 1 atom stereocenters. The van der Waals surface area contributed by atoms with Crippen LogP contribution in [0.15, 0.2) is 66.9 Å². The van der Waals surface area contributed by atoms with Crippen LogP contribution in [0.1, 0.15) is 61.1 Å². The molecular formula is C34H40ClN3O4. The van der Waals surface area contributed by atoms with Crippen molar-refractivity contribution in [2.24, 2.45) is 0 Å². The number of carbonyl (C=O) groups excluding carboxylic acids is 1. The maximum Gasteiger partial charge on any atom is 0.306 e. The second kappa shape index (κ2) is 13.4. The molecule has 0 radical (unpaired) electrons. The Balaban J connectivity index is 1.31. The van der Waals surface area contributed by atoms with Crippen LogP contribution in [0.5, 0.6) is 5.75 Å². The lowest BCUT2D eigenvalue weighted by Gasteiger charge is -2.29. The maximum absolute atomic E-state index is 11.9. The molecule has 0 saturated carbocycles. The topological polar surface area (TPSA) is 75.1 Å². The minimum absolute atomic E-state index is 0.187. The van der Waals surface area contributed by atoms with Crippen molar-refractivity contribution in [1.82, 2.24) is 14.8 Å². The van der Waals surface area contributed by atoms with Crippen LogP contribution in [0.4, 0.5) is 0 Å². The number of rotatable bonds is 10. The first-order valence-corrected chi connectivity index (χ1v) is 15.0. The molecule has 0 spiro atoms. The number of hydrogen-bond donors (Lipinski definition) is 1. The number of halogens is 1. The summed E-state index contributed by atoms with van der Waals surface area (Å²) in [5.74, 6) is 0.615. The van der Waals surface area contributed by atoms with Gasteiger partial charge in [-0.2, -0.15) is 0 Å². The van der Waals surface area contributed by atoms with Crippen molar-refractivity contribution in [2.75, 3.05) is 33.3 Å². The third kappa shape index (κ3) is 7.39. The molecule has 5 rings (SSSR count). The number of pyridine rings is 1. The molecule has 3 aromatic rings. The lowest BCUT2D eigenvalue weighted by Crippen LogP contribution is -2.38. The zero-order valence-corrected chi connectivity index (χ0v) is 25.4. The van der Waals surface area contributed by atoms with E-state index in [-0.39, 0.29) is 5.97 Å². The van der Waals surface area contributed by atoms with Crippen molar-refractivity contribution in [1.29, 1.82) is 0 Å². The van der Waals surface area contributed by atoms with Crippen molar-refractivity contribution in [2.45, 2.75) is 57.9 Å². The van der Waals surface area contributed by atoms with Crippen LogP contribution < -0.4 is 4.74 Å². The van der Waals surface area contributed by atoms with Crippen LogP contribution >= 0.6 is 11.6 Å². The van der Waals surface area contributed by atoms with Gasteiger partial charge in [0.05, 0.1) is 24.8 Å². The lowest BCUT2D eigenvalue weighted by atomic mass is 9.90. The van der Waals surface area contributed by atoms with E-state index in [1.54, 1.807) is 20.0 Å². The molecule has 3 heterocycles. The summed E-state index contributed by atoms with van der Waals surface area (Å²) in [6.07, 6.45) is 6.37. The zero-order chi connectivity index (χ0) is 29.7. The summed E-state index contributed by atoms with van der Waals surface area (Å²) in [5, 5.41) is 11.4. The van der Waals surface area contributed by atoms with E-state index in [9.17, 15) is 9.90 Å². The highest BCUT2D eigenvalue weighted by Gasteiger charge is 2.28. The summed E-state index contributed by atoms with van der Waals surface area (Å²) in [5.41, 5.74) is 5.13. The predicted molar refractivity (Wildman–Crippen MR) is 165 cm³/mol. The van der Waals surface area contributed by atoms with Crippen molar-refractivity contribution < 1.29 is 19.4 Å². The van der Waals surface area contributed by atoms with E-state index < -0.39 is 5.60 Å². The second-order valence-electron chi connectivity index (χ2n) is 11.6. The van der Waals surface area contributed by atoms with Crippen LogP contribution in [0.2, 0.25) is 5.02 Å². The third-order valence-corrected chi connectivity index (χ3v) is 8.46. The number of esters is 1. The smallest absolute Gasteiger partial charge is 0.306 e. The summed E-state index contributed by atoms with van der Waals surface area (Å²) in [4.78, 5) is 21.5. The van der Waals surface area contributed by atoms with Gasteiger partial charge in [-0.3, -0.25) is 14.7 Å². The Morgan fingerprint density at radius 2 is 2.02 bits per heavy atom. The number of aliphatic hydroxyl groups is 1. The Labute approximate surface area is 253 Å². The number of hydrogen-bond acceptors (Lipinski definition) is 7. The van der Waals surface area contributed by atoms with Crippen LogP contribution in [-0.2, 0) is 28.3 Å². The summed E-state index contributed by atoms with van der Waals surface area (Å²) >= 11 is 6.11. The van der Waals surface area contributed by atoms with Gasteiger partial charge in [0.25, 0.3) is 0 Å². The number of nitrogens with zero attached hydrogens (tertiary/aromatic N) is 3. The van der Waals surface area contributed by atoms with Gasteiger partial charge in [-0.1, -0.05) is 41.9 Å². The van der Waals surface area contributed by atoms with Gasteiger partial charge in [0.2, 0.25) is 0 Å². The quantitative estimate of drug-likeness (QED) is 0.299. The minimum Gasteiger partial charge on any atom is -0.487 e. The van der Waals surface area contributed by atoms with E-state index in [2.05, 4.69) is 39.1 Å². The Morgan fingerprint density at radius 1 is 1.21 bits per heavy atom. The van der Waals surface area contributed by atoms with Crippen LogP contribution in [0.3, 0.4) is 0 Å². The Kier molecular flexibility index (Phi) is 9.63. The summed E-state index contributed by atoms with van der Waals surface area (Å²) in [6.45, 7) is 8.30. The van der Waals surface area contributed by atoms with Crippen molar-refractivity contribution >= 4 is 23.1 Å². The zero-order valence-electron chi connectivity index (χ0n) is 24.7. The molecule has 0 bridgehead atoms. The highest BCUT2D eigenvalue weighted by Crippen LogP contribution is 2.38. The third-order valence-electron chi connectivity index (χ3n) is 8.21. The number of fused-ring (bicyclic) bond motifs is 2. The number of likely N-dealkylation sites (tertiary alicyclic amines) is 1. The van der Waals surface area contributed by atoms with Crippen LogP contribution in [0, 0.1) is 0 Å². The van der Waals surface area contributed by atoms with Gasteiger partial charge in [0, 0.05) is 54.6 Å². The highest BCUT2D eigenvalue weighted by atomic mass is 35.5. The number of carbonyl (C=O) groups is 1. The van der Waals surface area contributed by atoms with Gasteiger partial charge in [-0.05, 0) is 80.3 Å². The van der Waals surface area contributed by atoms with E-state index in [1.807, 2.05) is 36.4 Å². The van der Waals surface area contributed by atoms with Gasteiger partial charge < -0.3 is 19.5 Å². The molecule has 1 aromatic heterocycles. The molecule has 8 heteroatoms. The first-order valence-electron chi connectivity index (χ1n) is 14.6. The maximum atomic E-state index is 11.9. The molecule has 1 fully saturated rings. The molecule has 2 aromatic carbocycles. The average molecular weight is 590 g/mol. The van der Waals surface area contributed by atoms with E-state index >= 15 is 0 Å². The molecule has 1 saturated heterocycles. The van der Waals surface area contributed by atoms with Gasteiger partial charge >= 0.3 is 5.97 Å². The van der Waals surface area contributed by atoms with E-state index in [4.69, 9.17) is 21.1 Å². The molecule has 222 valence electrons. The first-order chi connectivity index (χ1) is 20.2. The van der Waals surface area contributed by atoms with Crippen LogP contribution in [-0.4, -0.2) is 65.2 Å². The summed E-state index contributed by atoms with van der Waals surface area (Å²) < 4.78 is 11.1. The molecule has 1 unspecified atom stereocenters. The highest BCUT2D eigenvalue weighted by molar-refractivity contribution is 6.30. The molecule has 42 heavy (non-hydrogen) atoms. The van der Waals surface area contributed by atoms with Crippen molar-refractivity contribution in [3.63, 3.8) is 0 Å². The van der Waals surface area contributed by atoms with Gasteiger partial charge in [0.15, 0.2) is 0 Å².